The van der Waals surface area contributed by atoms with E-state index in [2.05, 4.69) is 10.3 Å². The number of nitrogens with one attached hydrogen (secondary N) is 1. The first kappa shape index (κ1) is 22.4. The Morgan fingerprint density at radius 2 is 1.73 bits per heavy atom. The summed E-state index contributed by atoms with van der Waals surface area (Å²) in [5, 5.41) is 6.03. The third-order valence-corrected chi connectivity index (χ3v) is 6.22. The van der Waals surface area contributed by atoms with Crippen LogP contribution in [0.4, 0.5) is 5.13 Å². The van der Waals surface area contributed by atoms with Crippen LogP contribution in [0.15, 0.2) is 58.7 Å². The van der Waals surface area contributed by atoms with E-state index in [-0.39, 0.29) is 11.3 Å². The highest BCUT2D eigenvalue weighted by Crippen LogP contribution is 2.31. The van der Waals surface area contributed by atoms with Crippen LogP contribution < -0.4 is 10.9 Å². The van der Waals surface area contributed by atoms with Crippen LogP contribution >= 0.6 is 11.3 Å². The molecule has 4 aromatic rings. The van der Waals surface area contributed by atoms with Crippen molar-refractivity contribution in [3.05, 3.63) is 81.2 Å². The predicted octanol–water partition coefficient (Wildman–Crippen LogP) is 4.46. The fourth-order valence-corrected chi connectivity index (χ4v) is 4.30. The van der Waals surface area contributed by atoms with Gasteiger partial charge in [-0.25, -0.2) is 9.78 Å². The molecule has 0 saturated carbocycles. The number of rotatable bonds is 5. The van der Waals surface area contributed by atoms with Crippen LogP contribution in [0.3, 0.4) is 0 Å². The lowest BCUT2D eigenvalue weighted by atomic mass is 9.96. The maximum Gasteiger partial charge on any atom is 0.356 e. The number of aromatic nitrogens is 2. The molecule has 0 radical (unpaired) electrons. The van der Waals surface area contributed by atoms with Crippen molar-refractivity contribution in [1.82, 2.24) is 9.55 Å². The van der Waals surface area contributed by atoms with Crippen LogP contribution in [0.5, 0.6) is 0 Å². The molecule has 7 nitrogen and oxygen atoms in total. The summed E-state index contributed by atoms with van der Waals surface area (Å²) in [6, 6.07) is 14.8. The molecule has 0 aliphatic rings. The Bertz CT molecular complexity index is 1420. The van der Waals surface area contributed by atoms with Crippen molar-refractivity contribution in [2.45, 2.75) is 26.9 Å². The number of aryl methyl sites for hydroxylation is 2. The number of ether oxygens (including phenoxy) is 1. The lowest BCUT2D eigenvalue weighted by Gasteiger charge is -2.19. The van der Waals surface area contributed by atoms with Gasteiger partial charge >= 0.3 is 5.97 Å². The van der Waals surface area contributed by atoms with Crippen molar-refractivity contribution < 1.29 is 14.3 Å². The van der Waals surface area contributed by atoms with Gasteiger partial charge in [0.1, 0.15) is 5.69 Å². The van der Waals surface area contributed by atoms with E-state index < -0.39 is 18.0 Å². The molecular weight excluding hydrogens is 438 g/mol. The van der Waals surface area contributed by atoms with Gasteiger partial charge < -0.3 is 9.30 Å². The van der Waals surface area contributed by atoms with Gasteiger partial charge in [-0.3, -0.25) is 14.9 Å². The molecule has 0 bridgehead atoms. The molecule has 0 saturated heterocycles. The first-order chi connectivity index (χ1) is 15.8. The van der Waals surface area contributed by atoms with Crippen LogP contribution in [0.2, 0.25) is 0 Å². The highest BCUT2D eigenvalue weighted by Gasteiger charge is 2.26. The second kappa shape index (κ2) is 8.99. The molecule has 4 rings (SSSR count). The zero-order valence-corrected chi connectivity index (χ0v) is 19.5. The van der Waals surface area contributed by atoms with E-state index in [0.29, 0.717) is 21.5 Å². The number of esters is 1. The van der Waals surface area contributed by atoms with Gasteiger partial charge in [-0.15, -0.1) is 11.3 Å². The number of hydrogen-bond acceptors (Lipinski definition) is 6. The Morgan fingerprint density at radius 3 is 2.36 bits per heavy atom. The summed E-state index contributed by atoms with van der Waals surface area (Å²) < 4.78 is 6.80. The zero-order valence-electron chi connectivity index (χ0n) is 18.7. The van der Waals surface area contributed by atoms with Crippen molar-refractivity contribution in [3.63, 3.8) is 0 Å². The summed E-state index contributed by atoms with van der Waals surface area (Å²) in [5.74, 6) is -1.26. The number of fused-ring (bicyclic) bond motifs is 1. The maximum atomic E-state index is 13.3. The molecule has 1 atom stereocenters. The summed E-state index contributed by atoms with van der Waals surface area (Å²) in [6.45, 7) is 5.28. The number of amides is 1. The van der Waals surface area contributed by atoms with Crippen LogP contribution in [-0.4, -0.2) is 27.5 Å². The summed E-state index contributed by atoms with van der Waals surface area (Å²) in [6.07, 6.45) is -1.09. The van der Waals surface area contributed by atoms with E-state index in [0.717, 1.165) is 16.8 Å². The lowest BCUT2D eigenvalue weighted by molar-refractivity contribution is -0.123. The summed E-state index contributed by atoms with van der Waals surface area (Å²) in [5.41, 5.74) is 2.99. The fraction of sp³-hybridized carbons (Fsp3) is 0.200. The number of pyridine rings is 1. The minimum absolute atomic E-state index is 0.0901. The van der Waals surface area contributed by atoms with Gasteiger partial charge in [0.05, 0.1) is 5.69 Å². The van der Waals surface area contributed by atoms with Crippen LogP contribution in [0.1, 0.15) is 28.7 Å². The van der Waals surface area contributed by atoms with Gasteiger partial charge in [0.25, 0.3) is 11.5 Å². The van der Waals surface area contributed by atoms with Crippen LogP contribution in [0, 0.1) is 13.8 Å². The summed E-state index contributed by atoms with van der Waals surface area (Å²) >= 11 is 1.29. The predicted molar refractivity (Wildman–Crippen MR) is 130 cm³/mol. The molecule has 33 heavy (non-hydrogen) atoms. The van der Waals surface area contributed by atoms with Crippen molar-refractivity contribution in [3.8, 4) is 11.1 Å². The molecule has 168 valence electrons. The minimum Gasteiger partial charge on any atom is -0.448 e. The van der Waals surface area contributed by atoms with Gasteiger partial charge in [-0.05, 0) is 37.8 Å². The highest BCUT2D eigenvalue weighted by molar-refractivity contribution is 7.13. The van der Waals surface area contributed by atoms with Gasteiger partial charge in [0.15, 0.2) is 11.2 Å². The first-order valence-electron chi connectivity index (χ1n) is 10.4. The zero-order chi connectivity index (χ0) is 23.7. The molecule has 1 amide bonds. The number of hydrogen-bond donors (Lipinski definition) is 1. The van der Waals surface area contributed by atoms with Crippen molar-refractivity contribution in [1.29, 1.82) is 0 Å². The normalized spacial score (nSPS) is 11.9. The summed E-state index contributed by atoms with van der Waals surface area (Å²) in [4.78, 5) is 43.1. The molecule has 2 heterocycles. The average Bonchev–Trinajstić information content (AvgIpc) is 3.21. The maximum absolute atomic E-state index is 13.3. The third kappa shape index (κ3) is 4.42. The summed E-state index contributed by atoms with van der Waals surface area (Å²) in [7, 11) is 1.53. The molecule has 0 aliphatic carbocycles. The number of carbonyl (C=O) groups excluding carboxylic acids is 2. The number of nitrogens with zero attached hydrogens (tertiary/aromatic N) is 2. The fourth-order valence-electron chi connectivity index (χ4n) is 3.60. The van der Waals surface area contributed by atoms with Gasteiger partial charge in [-0.1, -0.05) is 48.0 Å². The lowest BCUT2D eigenvalue weighted by Crippen LogP contribution is -2.32. The number of anilines is 1. The average molecular weight is 462 g/mol. The van der Waals surface area contributed by atoms with E-state index in [9.17, 15) is 14.4 Å². The Morgan fingerprint density at radius 1 is 1.06 bits per heavy atom. The number of benzene rings is 2. The Labute approximate surface area is 194 Å². The molecule has 0 fully saturated rings. The van der Waals surface area contributed by atoms with E-state index in [1.54, 1.807) is 12.1 Å². The van der Waals surface area contributed by atoms with Gasteiger partial charge in [0.2, 0.25) is 0 Å². The first-order valence-corrected chi connectivity index (χ1v) is 11.3. The topological polar surface area (TPSA) is 90.3 Å². The van der Waals surface area contributed by atoms with E-state index >= 15 is 0 Å². The SMILES string of the molecule is Cc1ccc(-c2c(C(=O)OC(C)C(=O)Nc3nc(C)cs3)n(C)c(=O)c3ccccc23)cc1. The molecule has 1 unspecified atom stereocenters. The molecular formula is C25H23N3O4S. The molecule has 2 aromatic carbocycles. The second-order valence-corrected chi connectivity index (χ2v) is 8.69. The Hall–Kier alpha value is -3.78. The number of carbonyl (C=O) groups is 2. The van der Waals surface area contributed by atoms with Gasteiger partial charge in [0, 0.05) is 23.4 Å². The van der Waals surface area contributed by atoms with Gasteiger partial charge in [-0.2, -0.15) is 0 Å². The highest BCUT2D eigenvalue weighted by atomic mass is 32.1. The Kier molecular flexibility index (Phi) is 6.11. The smallest absolute Gasteiger partial charge is 0.356 e. The minimum atomic E-state index is -1.09. The Balaban J connectivity index is 1.76. The van der Waals surface area contributed by atoms with Crippen LogP contribution in [-0.2, 0) is 16.6 Å². The van der Waals surface area contributed by atoms with E-state index in [1.807, 2.05) is 55.6 Å². The van der Waals surface area contributed by atoms with Crippen molar-refractivity contribution in [2.75, 3.05) is 5.32 Å². The quantitative estimate of drug-likeness (QED) is 0.443. The second-order valence-electron chi connectivity index (χ2n) is 7.83. The number of thiazole rings is 1. The molecule has 0 spiro atoms. The molecule has 0 aliphatic heterocycles. The monoisotopic (exact) mass is 461 g/mol. The van der Waals surface area contributed by atoms with E-state index in [4.69, 9.17) is 4.74 Å². The van der Waals surface area contributed by atoms with Crippen molar-refractivity contribution in [2.24, 2.45) is 7.05 Å². The standard InChI is InChI=1S/C25H23N3O4S/c1-14-9-11-17(12-10-14)20-18-7-5-6-8-19(18)23(30)28(4)21(20)24(31)32-16(3)22(29)27-25-26-15(2)13-33-25/h5-13,16H,1-4H3,(H,26,27,29). The van der Waals surface area contributed by atoms with Crippen molar-refractivity contribution >= 4 is 39.1 Å². The third-order valence-electron chi connectivity index (χ3n) is 5.34. The molecule has 2 aromatic heterocycles. The van der Waals surface area contributed by atoms with E-state index in [1.165, 1.54) is 29.9 Å². The largest absolute Gasteiger partial charge is 0.448 e. The van der Waals surface area contributed by atoms with Crippen LogP contribution in [0.25, 0.3) is 21.9 Å². The molecule has 8 heteroatoms. The molecule has 1 N–H and O–H groups in total.